The third-order valence-electron chi connectivity index (χ3n) is 3.75. The standard InChI is InChI=1S/C14H12N2O2/c15-12(17)14(13(16)18)7-9-5-1-3-8-4-2-6-10(14)11(8)9/h1-6H,7H2,(H2,15,17)(H2,16,18). The Labute approximate surface area is 104 Å². The Bertz CT molecular complexity index is 672. The van der Waals surface area contributed by atoms with Gasteiger partial charge in [-0.1, -0.05) is 36.4 Å². The minimum Gasteiger partial charge on any atom is -0.368 e. The number of hydrogen-bond donors (Lipinski definition) is 2. The van der Waals surface area contributed by atoms with Crippen LogP contribution in [-0.2, 0) is 21.4 Å². The van der Waals surface area contributed by atoms with Gasteiger partial charge < -0.3 is 11.5 Å². The first-order chi connectivity index (χ1) is 8.57. The molecule has 3 rings (SSSR count). The van der Waals surface area contributed by atoms with Crippen LogP contribution in [0.25, 0.3) is 10.8 Å². The van der Waals surface area contributed by atoms with Crippen LogP contribution in [0.3, 0.4) is 0 Å². The molecule has 0 fully saturated rings. The number of amides is 2. The van der Waals surface area contributed by atoms with Crippen molar-refractivity contribution in [2.24, 2.45) is 11.5 Å². The predicted octanol–water partition coefficient (Wildman–Crippen LogP) is 0.604. The van der Waals surface area contributed by atoms with E-state index in [9.17, 15) is 9.59 Å². The van der Waals surface area contributed by atoms with E-state index in [4.69, 9.17) is 11.5 Å². The molecule has 0 heterocycles. The number of hydrogen-bond acceptors (Lipinski definition) is 2. The number of primary amides is 2. The number of carbonyl (C=O) groups excluding carboxylic acids is 2. The molecule has 0 aromatic heterocycles. The second kappa shape index (κ2) is 3.32. The van der Waals surface area contributed by atoms with E-state index in [-0.39, 0.29) is 6.42 Å². The van der Waals surface area contributed by atoms with Crippen LogP contribution < -0.4 is 11.5 Å². The summed E-state index contributed by atoms with van der Waals surface area (Å²) in [6.45, 7) is 0. The SMILES string of the molecule is NC(=O)C1(C(N)=O)Cc2cccc3cccc1c23. The molecule has 0 aliphatic heterocycles. The zero-order chi connectivity index (χ0) is 12.9. The van der Waals surface area contributed by atoms with Crippen LogP contribution >= 0.6 is 0 Å². The molecule has 0 atom stereocenters. The average molecular weight is 240 g/mol. The molecule has 4 heteroatoms. The van der Waals surface area contributed by atoms with Gasteiger partial charge in [0.2, 0.25) is 11.8 Å². The second-order valence-corrected chi connectivity index (χ2v) is 4.63. The zero-order valence-electron chi connectivity index (χ0n) is 9.64. The Balaban J connectivity index is 2.43. The first kappa shape index (κ1) is 10.8. The molecule has 2 aromatic carbocycles. The van der Waals surface area contributed by atoms with Gasteiger partial charge in [-0.25, -0.2) is 0 Å². The summed E-state index contributed by atoms with van der Waals surface area (Å²) in [5.74, 6) is -1.36. The lowest BCUT2D eigenvalue weighted by Crippen LogP contribution is -2.51. The molecule has 1 aliphatic carbocycles. The highest BCUT2D eigenvalue weighted by Crippen LogP contribution is 2.42. The molecule has 1 aliphatic rings. The lowest BCUT2D eigenvalue weighted by molar-refractivity contribution is -0.133. The molecular formula is C14H12N2O2. The van der Waals surface area contributed by atoms with Crippen LogP contribution in [0.2, 0.25) is 0 Å². The smallest absolute Gasteiger partial charge is 0.237 e. The van der Waals surface area contributed by atoms with E-state index in [2.05, 4.69) is 0 Å². The molecule has 0 radical (unpaired) electrons. The summed E-state index contributed by atoms with van der Waals surface area (Å²) in [5, 5.41) is 1.92. The summed E-state index contributed by atoms with van der Waals surface area (Å²) in [5.41, 5.74) is 11.1. The monoisotopic (exact) mass is 240 g/mol. The van der Waals surface area contributed by atoms with Crippen LogP contribution in [0, 0.1) is 0 Å². The maximum absolute atomic E-state index is 11.8. The molecule has 90 valence electrons. The fourth-order valence-corrected chi connectivity index (χ4v) is 2.86. The van der Waals surface area contributed by atoms with Crippen LogP contribution in [0.5, 0.6) is 0 Å². The Morgan fingerprint density at radius 2 is 1.61 bits per heavy atom. The lowest BCUT2D eigenvalue weighted by atomic mass is 9.79. The summed E-state index contributed by atoms with van der Waals surface area (Å²) in [4.78, 5) is 23.6. The number of nitrogens with two attached hydrogens (primary N) is 2. The third kappa shape index (κ3) is 1.09. The van der Waals surface area contributed by atoms with Crippen molar-refractivity contribution in [3.8, 4) is 0 Å². The first-order valence-electron chi connectivity index (χ1n) is 5.68. The Hall–Kier alpha value is -2.36. The quantitative estimate of drug-likeness (QED) is 0.753. The van der Waals surface area contributed by atoms with Gasteiger partial charge in [-0.05, 0) is 21.9 Å². The van der Waals surface area contributed by atoms with E-state index in [0.29, 0.717) is 5.56 Å². The number of benzene rings is 2. The highest BCUT2D eigenvalue weighted by molar-refractivity contribution is 6.15. The Morgan fingerprint density at radius 3 is 2.22 bits per heavy atom. The van der Waals surface area contributed by atoms with Gasteiger partial charge in [-0.2, -0.15) is 0 Å². The van der Waals surface area contributed by atoms with E-state index < -0.39 is 17.2 Å². The highest BCUT2D eigenvalue weighted by Gasteiger charge is 2.49. The second-order valence-electron chi connectivity index (χ2n) is 4.63. The van der Waals surface area contributed by atoms with Crippen molar-refractivity contribution in [1.29, 1.82) is 0 Å². The van der Waals surface area contributed by atoms with Crippen molar-refractivity contribution in [2.75, 3.05) is 0 Å². The van der Waals surface area contributed by atoms with Crippen molar-refractivity contribution in [3.63, 3.8) is 0 Å². The Morgan fingerprint density at radius 1 is 1.00 bits per heavy atom. The molecule has 0 saturated heterocycles. The summed E-state index contributed by atoms with van der Waals surface area (Å²) >= 11 is 0. The summed E-state index contributed by atoms with van der Waals surface area (Å²) in [7, 11) is 0. The van der Waals surface area contributed by atoms with Crippen molar-refractivity contribution >= 4 is 22.6 Å². The van der Waals surface area contributed by atoms with E-state index in [1.165, 1.54) is 0 Å². The van der Waals surface area contributed by atoms with Crippen LogP contribution in [0.1, 0.15) is 11.1 Å². The first-order valence-corrected chi connectivity index (χ1v) is 5.68. The van der Waals surface area contributed by atoms with E-state index in [1.54, 1.807) is 6.07 Å². The third-order valence-corrected chi connectivity index (χ3v) is 3.75. The summed E-state index contributed by atoms with van der Waals surface area (Å²) < 4.78 is 0. The van der Waals surface area contributed by atoms with E-state index in [0.717, 1.165) is 16.3 Å². The normalized spacial score (nSPS) is 15.8. The molecule has 0 spiro atoms. The molecular weight excluding hydrogens is 228 g/mol. The molecule has 0 bridgehead atoms. The van der Waals surface area contributed by atoms with E-state index >= 15 is 0 Å². The fraction of sp³-hybridized carbons (Fsp3) is 0.143. The zero-order valence-corrected chi connectivity index (χ0v) is 9.64. The van der Waals surface area contributed by atoms with Crippen molar-refractivity contribution in [2.45, 2.75) is 11.8 Å². The maximum atomic E-state index is 11.8. The molecule has 0 unspecified atom stereocenters. The molecule has 4 N–H and O–H groups in total. The van der Waals surface area contributed by atoms with Crippen molar-refractivity contribution < 1.29 is 9.59 Å². The van der Waals surface area contributed by atoms with Gasteiger partial charge in [0.25, 0.3) is 0 Å². The topological polar surface area (TPSA) is 86.2 Å². The molecule has 2 amide bonds. The van der Waals surface area contributed by atoms with Crippen molar-refractivity contribution in [3.05, 3.63) is 47.5 Å². The molecule has 0 saturated carbocycles. The minimum atomic E-state index is -1.40. The van der Waals surface area contributed by atoms with E-state index in [1.807, 2.05) is 30.3 Å². The number of rotatable bonds is 2. The summed E-state index contributed by atoms with van der Waals surface area (Å²) in [6.07, 6.45) is 0.258. The van der Waals surface area contributed by atoms with Gasteiger partial charge in [-0.15, -0.1) is 0 Å². The Kier molecular flexibility index (Phi) is 1.99. The lowest BCUT2D eigenvalue weighted by Gasteiger charge is -2.22. The fourth-order valence-electron chi connectivity index (χ4n) is 2.86. The van der Waals surface area contributed by atoms with Crippen LogP contribution in [0.4, 0.5) is 0 Å². The maximum Gasteiger partial charge on any atom is 0.237 e. The molecule has 18 heavy (non-hydrogen) atoms. The average Bonchev–Trinajstić information content (AvgIpc) is 2.68. The molecule has 4 nitrogen and oxygen atoms in total. The predicted molar refractivity (Wildman–Crippen MR) is 67.7 cm³/mol. The van der Waals surface area contributed by atoms with Crippen LogP contribution in [-0.4, -0.2) is 11.8 Å². The van der Waals surface area contributed by atoms with Crippen LogP contribution in [0.15, 0.2) is 36.4 Å². The highest BCUT2D eigenvalue weighted by atomic mass is 16.2. The van der Waals surface area contributed by atoms with Gasteiger partial charge in [-0.3, -0.25) is 9.59 Å². The minimum absolute atomic E-state index is 0.258. The largest absolute Gasteiger partial charge is 0.368 e. The van der Waals surface area contributed by atoms with Gasteiger partial charge in [0, 0.05) is 6.42 Å². The van der Waals surface area contributed by atoms with Gasteiger partial charge in [0.1, 0.15) is 0 Å². The summed E-state index contributed by atoms with van der Waals surface area (Å²) in [6, 6.07) is 11.3. The van der Waals surface area contributed by atoms with Gasteiger partial charge in [0.05, 0.1) is 0 Å². The van der Waals surface area contributed by atoms with Gasteiger partial charge in [0.15, 0.2) is 5.41 Å². The number of carbonyl (C=O) groups is 2. The molecule has 2 aromatic rings. The van der Waals surface area contributed by atoms with Crippen molar-refractivity contribution in [1.82, 2.24) is 0 Å². The van der Waals surface area contributed by atoms with Gasteiger partial charge >= 0.3 is 0 Å².